The molecule has 9 nitrogen and oxygen atoms in total. The Balaban J connectivity index is 1.06. The first-order chi connectivity index (χ1) is 19.0. The molecule has 0 radical (unpaired) electrons. The highest BCUT2D eigenvalue weighted by Crippen LogP contribution is 2.28. The summed E-state index contributed by atoms with van der Waals surface area (Å²) in [6, 6.07) is 15.2. The van der Waals surface area contributed by atoms with Crippen LogP contribution in [0, 0.1) is 0 Å². The van der Waals surface area contributed by atoms with Crippen molar-refractivity contribution in [3.05, 3.63) is 65.9 Å². The number of carbonyl (C=O) groups excluding carboxylic acids is 2. The molecule has 2 N–H and O–H groups in total. The van der Waals surface area contributed by atoms with Crippen molar-refractivity contribution < 1.29 is 14.3 Å². The molecule has 0 unspecified atom stereocenters. The first-order valence-electron chi connectivity index (χ1n) is 13.0. The van der Waals surface area contributed by atoms with E-state index in [4.69, 9.17) is 16.3 Å². The van der Waals surface area contributed by atoms with Gasteiger partial charge in [0.1, 0.15) is 5.75 Å². The standard InChI is InChI=1S/C29H31ClN6O3/c1-39-22-17-20-3-2-9-34-29(20)26(19-22)33-12-8-28(38)36-15-13-35(14-16-36)27(37)7-11-31-24-6-10-32-25-18-21(30)4-5-23(24)25/h2-6,9-10,17-19,33H,7-8,11-16H2,1H3,(H,31,32). The van der Waals surface area contributed by atoms with Crippen LogP contribution in [0.2, 0.25) is 5.02 Å². The maximum Gasteiger partial charge on any atom is 0.224 e. The van der Waals surface area contributed by atoms with Crippen LogP contribution >= 0.6 is 11.6 Å². The lowest BCUT2D eigenvalue weighted by atomic mass is 10.1. The second-order valence-corrected chi connectivity index (χ2v) is 9.82. The van der Waals surface area contributed by atoms with Crippen LogP contribution in [0.15, 0.2) is 60.9 Å². The van der Waals surface area contributed by atoms with E-state index in [1.807, 2.05) is 58.3 Å². The van der Waals surface area contributed by atoms with Crippen molar-refractivity contribution in [1.82, 2.24) is 19.8 Å². The van der Waals surface area contributed by atoms with Crippen LogP contribution in [-0.4, -0.2) is 78.0 Å². The van der Waals surface area contributed by atoms with Crippen LogP contribution in [0.25, 0.3) is 21.8 Å². The predicted molar refractivity (Wildman–Crippen MR) is 154 cm³/mol. The molecular formula is C29H31ClN6O3. The molecule has 2 aromatic heterocycles. The van der Waals surface area contributed by atoms with Crippen LogP contribution in [0.5, 0.6) is 5.75 Å². The van der Waals surface area contributed by atoms with Crippen molar-refractivity contribution in [3.8, 4) is 5.75 Å². The van der Waals surface area contributed by atoms with Gasteiger partial charge in [0.15, 0.2) is 0 Å². The molecule has 0 aliphatic carbocycles. The maximum atomic E-state index is 12.8. The van der Waals surface area contributed by atoms with Crippen LogP contribution in [0.1, 0.15) is 12.8 Å². The molecule has 0 atom stereocenters. The number of carbonyl (C=O) groups is 2. The Morgan fingerprint density at radius 2 is 1.56 bits per heavy atom. The van der Waals surface area contributed by atoms with Gasteiger partial charge in [-0.3, -0.25) is 19.6 Å². The van der Waals surface area contributed by atoms with E-state index in [2.05, 4.69) is 20.6 Å². The molecule has 1 aliphatic heterocycles. The van der Waals surface area contributed by atoms with Gasteiger partial charge in [-0.2, -0.15) is 0 Å². The van der Waals surface area contributed by atoms with Crippen LogP contribution in [0.3, 0.4) is 0 Å². The highest BCUT2D eigenvalue weighted by molar-refractivity contribution is 6.31. The van der Waals surface area contributed by atoms with Crippen molar-refractivity contribution >= 4 is 56.6 Å². The number of nitrogens with zero attached hydrogens (tertiary/aromatic N) is 4. The lowest BCUT2D eigenvalue weighted by Crippen LogP contribution is -2.51. The number of rotatable bonds is 9. The summed E-state index contributed by atoms with van der Waals surface area (Å²) in [5.41, 5.74) is 3.41. The van der Waals surface area contributed by atoms with Gasteiger partial charge in [0.25, 0.3) is 0 Å². The molecule has 4 aromatic rings. The fourth-order valence-electron chi connectivity index (χ4n) is 4.82. The summed E-state index contributed by atoms with van der Waals surface area (Å²) >= 11 is 6.07. The van der Waals surface area contributed by atoms with E-state index in [9.17, 15) is 9.59 Å². The molecule has 5 rings (SSSR count). The Bertz CT molecular complexity index is 1490. The van der Waals surface area contributed by atoms with Crippen LogP contribution in [-0.2, 0) is 9.59 Å². The Labute approximate surface area is 232 Å². The molecule has 1 fully saturated rings. The molecule has 0 spiro atoms. The number of ether oxygens (including phenoxy) is 1. The monoisotopic (exact) mass is 546 g/mol. The number of anilines is 2. The molecule has 202 valence electrons. The van der Waals surface area contributed by atoms with E-state index >= 15 is 0 Å². The molecule has 39 heavy (non-hydrogen) atoms. The highest BCUT2D eigenvalue weighted by atomic mass is 35.5. The summed E-state index contributed by atoms with van der Waals surface area (Å²) in [6.07, 6.45) is 4.20. The molecule has 0 saturated carbocycles. The number of fused-ring (bicyclic) bond motifs is 2. The first-order valence-corrected chi connectivity index (χ1v) is 13.4. The molecule has 10 heteroatoms. The molecule has 1 saturated heterocycles. The van der Waals surface area contributed by atoms with E-state index in [1.54, 1.807) is 19.5 Å². The summed E-state index contributed by atoms with van der Waals surface area (Å²) in [4.78, 5) is 38.1. The molecular weight excluding hydrogens is 516 g/mol. The number of methoxy groups -OCH3 is 1. The number of pyridine rings is 2. The van der Waals surface area contributed by atoms with Gasteiger partial charge in [-0.15, -0.1) is 0 Å². The van der Waals surface area contributed by atoms with Crippen LogP contribution < -0.4 is 15.4 Å². The zero-order valence-electron chi connectivity index (χ0n) is 21.8. The SMILES string of the molecule is COc1cc(NCCC(=O)N2CCN(C(=O)CCNc3ccnc4cc(Cl)ccc34)CC2)c2ncccc2c1. The lowest BCUT2D eigenvalue weighted by molar-refractivity contribution is -0.139. The number of amides is 2. The van der Waals surface area contributed by atoms with Crippen molar-refractivity contribution in [2.75, 3.05) is 57.0 Å². The smallest absolute Gasteiger partial charge is 0.224 e. The Morgan fingerprint density at radius 1 is 0.872 bits per heavy atom. The summed E-state index contributed by atoms with van der Waals surface area (Å²) in [5, 5.41) is 9.26. The summed E-state index contributed by atoms with van der Waals surface area (Å²) < 4.78 is 5.40. The largest absolute Gasteiger partial charge is 0.497 e. The summed E-state index contributed by atoms with van der Waals surface area (Å²) in [6.45, 7) is 3.16. The minimum absolute atomic E-state index is 0.0705. The Morgan fingerprint density at radius 3 is 2.26 bits per heavy atom. The van der Waals surface area contributed by atoms with Crippen molar-refractivity contribution in [2.24, 2.45) is 0 Å². The molecule has 1 aliphatic rings. The van der Waals surface area contributed by atoms with Gasteiger partial charge in [0, 0.05) is 92.1 Å². The topological polar surface area (TPSA) is 99.7 Å². The molecule has 2 amide bonds. The van der Waals surface area contributed by atoms with Gasteiger partial charge in [-0.05, 0) is 36.4 Å². The normalized spacial score (nSPS) is 13.5. The van der Waals surface area contributed by atoms with E-state index in [0.29, 0.717) is 57.1 Å². The number of hydrogen-bond acceptors (Lipinski definition) is 7. The summed E-state index contributed by atoms with van der Waals surface area (Å²) in [7, 11) is 1.63. The third-order valence-corrected chi connectivity index (χ3v) is 7.15. The van der Waals surface area contributed by atoms with Crippen molar-refractivity contribution in [3.63, 3.8) is 0 Å². The minimum Gasteiger partial charge on any atom is -0.497 e. The molecule has 0 bridgehead atoms. The van der Waals surface area contributed by atoms with Gasteiger partial charge in [0.05, 0.1) is 23.8 Å². The number of benzene rings is 2. The van der Waals surface area contributed by atoms with Crippen molar-refractivity contribution in [2.45, 2.75) is 12.8 Å². The van der Waals surface area contributed by atoms with E-state index in [1.165, 1.54) is 0 Å². The lowest BCUT2D eigenvalue weighted by Gasteiger charge is -2.35. The number of aromatic nitrogens is 2. The fraction of sp³-hybridized carbons (Fsp3) is 0.310. The number of halogens is 1. The minimum atomic E-state index is 0.0705. The molecule has 2 aromatic carbocycles. The number of nitrogens with one attached hydrogen (secondary N) is 2. The second-order valence-electron chi connectivity index (χ2n) is 9.39. The predicted octanol–water partition coefficient (Wildman–Crippen LogP) is 4.42. The van der Waals surface area contributed by atoms with E-state index < -0.39 is 0 Å². The quantitative estimate of drug-likeness (QED) is 0.320. The van der Waals surface area contributed by atoms with Gasteiger partial charge in [-0.1, -0.05) is 17.7 Å². The third-order valence-electron chi connectivity index (χ3n) is 6.91. The molecule has 3 heterocycles. The third kappa shape index (κ3) is 6.31. The Kier molecular flexibility index (Phi) is 8.27. The van der Waals surface area contributed by atoms with Crippen LogP contribution in [0.4, 0.5) is 11.4 Å². The van der Waals surface area contributed by atoms with Gasteiger partial charge >= 0.3 is 0 Å². The average molecular weight is 547 g/mol. The van der Waals surface area contributed by atoms with Crippen molar-refractivity contribution in [1.29, 1.82) is 0 Å². The number of piperazine rings is 1. The second kappa shape index (κ2) is 12.2. The highest BCUT2D eigenvalue weighted by Gasteiger charge is 2.23. The van der Waals surface area contributed by atoms with Gasteiger partial charge in [-0.25, -0.2) is 0 Å². The van der Waals surface area contributed by atoms with Gasteiger partial charge in [0.2, 0.25) is 11.8 Å². The Hall–Kier alpha value is -4.11. The zero-order valence-corrected chi connectivity index (χ0v) is 22.6. The average Bonchev–Trinajstić information content (AvgIpc) is 2.96. The van der Waals surface area contributed by atoms with E-state index in [-0.39, 0.29) is 11.8 Å². The zero-order chi connectivity index (χ0) is 27.2. The van der Waals surface area contributed by atoms with Gasteiger partial charge < -0.3 is 25.2 Å². The summed E-state index contributed by atoms with van der Waals surface area (Å²) in [5.74, 6) is 0.885. The van der Waals surface area contributed by atoms with E-state index in [0.717, 1.165) is 38.9 Å². The maximum absolute atomic E-state index is 12.8. The first kappa shape index (κ1) is 26.5. The fourth-order valence-corrected chi connectivity index (χ4v) is 4.99. The number of hydrogen-bond donors (Lipinski definition) is 2.